The first-order valence-electron chi connectivity index (χ1n) is 12.6. The number of rotatable bonds is 9. The maximum Gasteiger partial charge on any atom is 1.00 e. The van der Waals surface area contributed by atoms with E-state index in [4.69, 9.17) is 0 Å². The van der Waals surface area contributed by atoms with Crippen LogP contribution in [0.15, 0.2) is 24.3 Å². The molecule has 0 amide bonds. The van der Waals surface area contributed by atoms with Gasteiger partial charge < -0.3 is 20.0 Å². The summed E-state index contributed by atoms with van der Waals surface area (Å²) in [5, 5.41) is 10.3. The third-order valence-electron chi connectivity index (χ3n) is 10.3. The van der Waals surface area contributed by atoms with Crippen molar-refractivity contribution in [2.75, 3.05) is 0 Å². The maximum atomic E-state index is 10.3. The van der Waals surface area contributed by atoms with Gasteiger partial charge >= 0.3 is 59.1 Å². The van der Waals surface area contributed by atoms with Crippen molar-refractivity contribution in [3.8, 4) is 0 Å². The molecule has 0 rings (SSSR count). The first kappa shape index (κ1) is 50.1. The first-order chi connectivity index (χ1) is 13.8. The van der Waals surface area contributed by atoms with Gasteiger partial charge in [-0.2, -0.15) is 0 Å². The summed E-state index contributed by atoms with van der Waals surface area (Å²) >= 11 is 0. The third-order valence-corrected chi connectivity index (χ3v) is 10.3. The molecule has 208 valence electrons. The van der Waals surface area contributed by atoms with Crippen LogP contribution in [0.2, 0.25) is 0 Å². The molecule has 0 saturated carbocycles. The molecule has 36 heavy (non-hydrogen) atoms. The Kier molecular flexibility index (Phi) is 23.8. The molecule has 0 aliphatic rings. The van der Waals surface area contributed by atoms with Crippen LogP contribution in [0.3, 0.4) is 0 Å². The molecule has 0 spiro atoms. The quantitative estimate of drug-likeness (QED) is 0.335. The Labute approximate surface area is 276 Å². The van der Waals surface area contributed by atoms with Gasteiger partial charge in [0.15, 0.2) is 0 Å². The third kappa shape index (κ3) is 11.0. The van der Waals surface area contributed by atoms with E-state index in [1.807, 2.05) is 13.8 Å². The second-order valence-electron chi connectivity index (χ2n) is 13.5. The van der Waals surface area contributed by atoms with Gasteiger partial charge in [-0.15, -0.1) is 13.8 Å². The molecule has 0 aromatic rings. The monoisotopic (exact) mass is 524 g/mol. The minimum absolute atomic E-state index is 0. The molecule has 0 saturated heterocycles. The van der Waals surface area contributed by atoms with E-state index < -0.39 is 5.60 Å². The Balaban J connectivity index is -0.000000112. The molecule has 0 bridgehead atoms. The van der Waals surface area contributed by atoms with E-state index in [1.165, 1.54) is 23.0 Å². The summed E-state index contributed by atoms with van der Waals surface area (Å²) in [6.45, 7) is 45.9. The Morgan fingerprint density at radius 2 is 0.806 bits per heavy atom. The van der Waals surface area contributed by atoms with Crippen LogP contribution in [0.4, 0.5) is 0 Å². The zero-order chi connectivity index (χ0) is 26.7. The predicted octanol–water partition coefficient (Wildman–Crippen LogP) is 4.92. The van der Waals surface area contributed by atoms with Crippen molar-refractivity contribution in [2.45, 2.75) is 136 Å². The van der Waals surface area contributed by atoms with Crippen molar-refractivity contribution in [3.05, 3.63) is 51.0 Å². The molecule has 0 radical (unpaired) electrons. The van der Waals surface area contributed by atoms with Gasteiger partial charge in [0.2, 0.25) is 0 Å². The van der Waals surface area contributed by atoms with Gasteiger partial charge in [-0.25, -0.2) is 36.1 Å². The molecule has 0 unspecified atom stereocenters. The topological polar surface area (TPSA) is 20.2 Å². The van der Waals surface area contributed by atoms with Crippen molar-refractivity contribution < 1.29 is 64.2 Å². The zero-order valence-electron chi connectivity index (χ0n) is 29.3. The van der Waals surface area contributed by atoms with E-state index in [0.717, 1.165) is 12.8 Å². The van der Waals surface area contributed by atoms with Crippen molar-refractivity contribution in [3.63, 3.8) is 0 Å². The minimum atomic E-state index is -0.716. The zero-order valence-corrected chi connectivity index (χ0v) is 33.3. The molecule has 0 aliphatic carbocycles. The summed E-state index contributed by atoms with van der Waals surface area (Å²) < 4.78 is 0. The number of allylic oxidation sites excluding steroid dienone is 2. The molecular weight excluding hydrogens is 458 g/mol. The van der Waals surface area contributed by atoms with Gasteiger partial charge in [-0.3, -0.25) is 0 Å². The fraction of sp³-hybridized carbons (Fsp3) is 0.758. The fourth-order valence-corrected chi connectivity index (χ4v) is 4.05. The van der Waals surface area contributed by atoms with Crippen molar-refractivity contribution in [2.24, 2.45) is 27.1 Å². The van der Waals surface area contributed by atoms with E-state index in [9.17, 15) is 5.11 Å². The van der Waals surface area contributed by atoms with Crippen LogP contribution < -0.4 is 59.1 Å². The average Bonchev–Trinajstić information content (AvgIpc) is 2.63. The Hall–Kier alpha value is 1.18. The Bertz CT molecular complexity index is 569. The largest absolute Gasteiger partial charge is 1.00 e. The summed E-state index contributed by atoms with van der Waals surface area (Å²) in [4.78, 5) is 0. The molecule has 0 fully saturated rings. The second-order valence-corrected chi connectivity index (χ2v) is 13.5. The van der Waals surface area contributed by atoms with Crippen LogP contribution in [0.5, 0.6) is 0 Å². The fourth-order valence-electron chi connectivity index (χ4n) is 4.05. The predicted molar refractivity (Wildman–Crippen MR) is 160 cm³/mol. The van der Waals surface area contributed by atoms with Gasteiger partial charge in [0.1, 0.15) is 0 Å². The van der Waals surface area contributed by atoms with Crippen LogP contribution in [-0.2, 0) is 0 Å². The van der Waals surface area contributed by atoms with Gasteiger partial charge in [0.05, 0.1) is 5.60 Å². The van der Waals surface area contributed by atoms with Gasteiger partial charge in [0, 0.05) is 0 Å². The molecule has 0 aromatic carbocycles. The van der Waals surface area contributed by atoms with Crippen molar-refractivity contribution in [1.29, 1.82) is 0 Å². The average molecular weight is 525 g/mol. The van der Waals surface area contributed by atoms with Gasteiger partial charge in [0.25, 0.3) is 0 Å². The summed E-state index contributed by atoms with van der Waals surface area (Å²) in [5.41, 5.74) is 2.18. The maximum absolute atomic E-state index is 10.3. The molecular formula is C33H66Na2O-2. The SMILES string of the molecule is C=C(CC)[C-](C)C(C)(C)C(C)(C)C(C)(C)C.C=C(CC)[C-](C)C(C)(C)C(C)(C)C(C)(C)O.[CH3-].[CH3-].[Na+].[Na+]. The van der Waals surface area contributed by atoms with Crippen LogP contribution in [-0.4, -0.2) is 10.7 Å². The standard InChI is InChI=1S/C16H31.C15H29O.2CH3.2Na/c1-11-12(2)13(3)15(7,8)16(9,10)14(4,5)6;1-10-11(2)12(3)13(4,5)14(6,7)15(8,9)16;;;;/h2,11H2,1,3-10H3;16H,2,10H2,1,3-9H3;2*1H3;;/q4*-1;2*+1. The van der Waals surface area contributed by atoms with Crippen LogP contribution in [0, 0.1) is 53.8 Å². The van der Waals surface area contributed by atoms with E-state index in [1.54, 1.807) is 0 Å². The van der Waals surface area contributed by atoms with Gasteiger partial charge in [-0.1, -0.05) is 114 Å². The summed E-state index contributed by atoms with van der Waals surface area (Å²) in [5.74, 6) is 2.75. The molecule has 1 nitrogen and oxygen atoms in total. The van der Waals surface area contributed by atoms with E-state index in [2.05, 4.69) is 117 Å². The number of hydrogen-bond donors (Lipinski definition) is 1. The first-order valence-corrected chi connectivity index (χ1v) is 12.6. The summed E-state index contributed by atoms with van der Waals surface area (Å²) in [6, 6.07) is 0. The minimum Gasteiger partial charge on any atom is -0.390 e. The molecule has 3 heteroatoms. The second kappa shape index (κ2) is 17.1. The smallest absolute Gasteiger partial charge is 0.390 e. The summed E-state index contributed by atoms with van der Waals surface area (Å²) in [6.07, 6.45) is 2.02. The van der Waals surface area contributed by atoms with E-state index in [-0.39, 0.29) is 101 Å². The van der Waals surface area contributed by atoms with Crippen LogP contribution in [0.1, 0.15) is 131 Å². The van der Waals surface area contributed by atoms with Gasteiger partial charge in [-0.05, 0) is 30.1 Å². The Morgan fingerprint density at radius 1 is 0.583 bits per heavy atom. The normalized spacial score (nSPS) is 12.3. The van der Waals surface area contributed by atoms with Crippen molar-refractivity contribution >= 4 is 0 Å². The summed E-state index contributed by atoms with van der Waals surface area (Å²) in [7, 11) is 0. The van der Waals surface area contributed by atoms with Crippen LogP contribution >= 0.6 is 0 Å². The molecule has 0 heterocycles. The number of hydrogen-bond acceptors (Lipinski definition) is 1. The molecule has 0 atom stereocenters. The molecule has 0 aliphatic heterocycles. The Morgan fingerprint density at radius 3 is 0.972 bits per heavy atom. The number of aliphatic hydroxyl groups is 1. The molecule has 0 aromatic heterocycles. The van der Waals surface area contributed by atoms with Crippen LogP contribution in [0.25, 0.3) is 0 Å². The van der Waals surface area contributed by atoms with E-state index in [0.29, 0.717) is 0 Å². The van der Waals surface area contributed by atoms with Crippen molar-refractivity contribution in [1.82, 2.24) is 0 Å². The molecule has 1 N–H and O–H groups in total. The van der Waals surface area contributed by atoms with E-state index >= 15 is 0 Å².